The van der Waals surface area contributed by atoms with Crippen LogP contribution in [0.3, 0.4) is 0 Å². The Hall–Kier alpha value is -1.85. The predicted octanol–water partition coefficient (Wildman–Crippen LogP) is 3.46. The zero-order chi connectivity index (χ0) is 17.7. The summed E-state index contributed by atoms with van der Waals surface area (Å²) in [5.74, 6) is 0.962. The third-order valence-electron chi connectivity index (χ3n) is 4.41. The normalized spacial score (nSPS) is 16.3. The number of carbonyl (C=O) groups is 1. The average molecular weight is 376 g/mol. The number of aromatic nitrogens is 3. The van der Waals surface area contributed by atoms with E-state index in [1.54, 1.807) is 11.3 Å². The molecule has 0 atom stereocenters. The van der Waals surface area contributed by atoms with Crippen molar-refractivity contribution in [1.82, 2.24) is 20.1 Å². The van der Waals surface area contributed by atoms with Crippen molar-refractivity contribution < 1.29 is 4.79 Å². The molecule has 0 spiro atoms. The molecule has 1 aliphatic carbocycles. The average Bonchev–Trinajstić information content (AvgIpc) is 3.29. The molecule has 8 heteroatoms. The highest BCUT2D eigenvalue weighted by atomic mass is 32.2. The third-order valence-corrected chi connectivity index (χ3v) is 6.24. The highest BCUT2D eigenvalue weighted by Crippen LogP contribution is 2.29. The summed E-state index contributed by atoms with van der Waals surface area (Å²) in [6.45, 7) is 2.78. The topological polar surface area (TPSA) is 83.6 Å². The highest BCUT2D eigenvalue weighted by Gasteiger charge is 2.33. The summed E-state index contributed by atoms with van der Waals surface area (Å²) < 4.78 is 2.02. The van der Waals surface area contributed by atoms with Gasteiger partial charge in [-0.15, -0.1) is 21.5 Å². The van der Waals surface area contributed by atoms with Crippen LogP contribution in [0.2, 0.25) is 0 Å². The SMILES string of the molecule is CCn1c(SCC(=O)NC2(C#N)CCCCC2)nnc1-c1cccs1. The molecule has 1 saturated carbocycles. The van der Waals surface area contributed by atoms with Crippen molar-refractivity contribution in [2.45, 2.75) is 56.3 Å². The minimum atomic E-state index is -0.684. The van der Waals surface area contributed by atoms with Gasteiger partial charge in [0.15, 0.2) is 11.0 Å². The molecule has 25 heavy (non-hydrogen) atoms. The maximum Gasteiger partial charge on any atom is 0.231 e. The molecule has 1 fully saturated rings. The molecule has 1 N–H and O–H groups in total. The molecule has 2 aromatic rings. The zero-order valence-electron chi connectivity index (χ0n) is 14.2. The molecule has 0 unspecified atom stereocenters. The molecule has 0 aromatic carbocycles. The van der Waals surface area contributed by atoms with Crippen molar-refractivity contribution >= 4 is 29.0 Å². The van der Waals surface area contributed by atoms with E-state index >= 15 is 0 Å². The molecule has 1 aliphatic rings. The first-order chi connectivity index (χ1) is 12.2. The Kier molecular flexibility index (Phi) is 5.76. The minimum Gasteiger partial charge on any atom is -0.337 e. The Balaban J connectivity index is 1.64. The Morgan fingerprint density at radius 2 is 2.24 bits per heavy atom. The largest absolute Gasteiger partial charge is 0.337 e. The van der Waals surface area contributed by atoms with Gasteiger partial charge in [-0.05, 0) is 31.2 Å². The van der Waals surface area contributed by atoms with Crippen LogP contribution in [0.5, 0.6) is 0 Å². The van der Waals surface area contributed by atoms with Crippen LogP contribution in [-0.2, 0) is 11.3 Å². The number of hydrogen-bond donors (Lipinski definition) is 1. The van der Waals surface area contributed by atoms with E-state index in [9.17, 15) is 10.1 Å². The molecular weight excluding hydrogens is 354 g/mol. The molecule has 132 valence electrons. The van der Waals surface area contributed by atoms with Crippen molar-refractivity contribution in [2.24, 2.45) is 0 Å². The number of carbonyl (C=O) groups excluding carboxylic acids is 1. The summed E-state index contributed by atoms with van der Waals surface area (Å²) >= 11 is 2.99. The van der Waals surface area contributed by atoms with E-state index in [0.717, 1.165) is 54.5 Å². The van der Waals surface area contributed by atoms with E-state index in [1.807, 2.05) is 29.0 Å². The van der Waals surface area contributed by atoms with Gasteiger partial charge in [-0.25, -0.2) is 0 Å². The fourth-order valence-corrected chi connectivity index (χ4v) is 4.64. The maximum atomic E-state index is 12.3. The Morgan fingerprint density at radius 3 is 2.88 bits per heavy atom. The summed E-state index contributed by atoms with van der Waals surface area (Å²) in [6, 6.07) is 6.32. The van der Waals surface area contributed by atoms with Gasteiger partial charge in [0.1, 0.15) is 5.54 Å². The van der Waals surface area contributed by atoms with Gasteiger partial charge in [0.25, 0.3) is 0 Å². The van der Waals surface area contributed by atoms with Crippen molar-refractivity contribution in [2.75, 3.05) is 5.75 Å². The monoisotopic (exact) mass is 375 g/mol. The molecular formula is C17H21N5OS2. The highest BCUT2D eigenvalue weighted by molar-refractivity contribution is 7.99. The van der Waals surface area contributed by atoms with Crippen LogP contribution in [0.4, 0.5) is 0 Å². The zero-order valence-corrected chi connectivity index (χ0v) is 15.8. The van der Waals surface area contributed by atoms with E-state index in [2.05, 4.69) is 21.6 Å². The van der Waals surface area contributed by atoms with Crippen molar-refractivity contribution in [3.63, 3.8) is 0 Å². The molecule has 0 radical (unpaired) electrons. The number of amides is 1. The van der Waals surface area contributed by atoms with Crippen LogP contribution in [-0.4, -0.2) is 32.0 Å². The molecule has 2 aromatic heterocycles. The van der Waals surface area contributed by atoms with Gasteiger partial charge in [0, 0.05) is 6.54 Å². The smallest absolute Gasteiger partial charge is 0.231 e. The van der Waals surface area contributed by atoms with Crippen LogP contribution in [0, 0.1) is 11.3 Å². The van der Waals surface area contributed by atoms with Gasteiger partial charge < -0.3 is 9.88 Å². The predicted molar refractivity (Wildman–Crippen MR) is 99.3 cm³/mol. The Morgan fingerprint density at radius 1 is 1.44 bits per heavy atom. The van der Waals surface area contributed by atoms with Gasteiger partial charge in [0.2, 0.25) is 5.91 Å². The van der Waals surface area contributed by atoms with Crippen LogP contribution in [0.1, 0.15) is 39.0 Å². The summed E-state index contributed by atoms with van der Waals surface area (Å²) in [7, 11) is 0. The van der Waals surface area contributed by atoms with Gasteiger partial charge in [-0.1, -0.05) is 37.1 Å². The number of thiophene rings is 1. The number of nitriles is 1. The van der Waals surface area contributed by atoms with Gasteiger partial charge in [-0.3, -0.25) is 4.79 Å². The van der Waals surface area contributed by atoms with Gasteiger partial charge in [0.05, 0.1) is 16.7 Å². The number of rotatable bonds is 6. The van der Waals surface area contributed by atoms with Crippen LogP contribution < -0.4 is 5.32 Å². The lowest BCUT2D eigenvalue weighted by atomic mass is 9.83. The lowest BCUT2D eigenvalue weighted by molar-refractivity contribution is -0.120. The van der Waals surface area contributed by atoms with Crippen molar-refractivity contribution in [3.8, 4) is 16.8 Å². The Bertz CT molecular complexity index is 757. The number of thioether (sulfide) groups is 1. The first-order valence-corrected chi connectivity index (χ1v) is 10.4. The molecule has 3 rings (SSSR count). The lowest BCUT2D eigenvalue weighted by Crippen LogP contribution is -2.49. The second kappa shape index (κ2) is 8.02. The first kappa shape index (κ1) is 18.0. The van der Waals surface area contributed by atoms with Crippen molar-refractivity contribution in [1.29, 1.82) is 5.26 Å². The van der Waals surface area contributed by atoms with E-state index in [-0.39, 0.29) is 11.7 Å². The van der Waals surface area contributed by atoms with Gasteiger partial charge in [-0.2, -0.15) is 5.26 Å². The van der Waals surface area contributed by atoms with Gasteiger partial charge >= 0.3 is 0 Å². The second-order valence-corrected chi connectivity index (χ2v) is 8.01. The summed E-state index contributed by atoms with van der Waals surface area (Å²) in [4.78, 5) is 13.4. The molecule has 2 heterocycles. The molecule has 6 nitrogen and oxygen atoms in total. The van der Waals surface area contributed by atoms with Crippen molar-refractivity contribution in [3.05, 3.63) is 17.5 Å². The first-order valence-electron chi connectivity index (χ1n) is 8.49. The summed E-state index contributed by atoms with van der Waals surface area (Å²) in [6.07, 6.45) is 4.62. The van der Waals surface area contributed by atoms with Crippen LogP contribution in [0.15, 0.2) is 22.7 Å². The standard InChI is InChI=1S/C17H21N5OS2/c1-2-22-15(13-7-6-10-24-13)20-21-16(22)25-11-14(23)19-17(12-18)8-4-3-5-9-17/h6-7,10H,2-5,8-9,11H2,1H3,(H,19,23). The summed E-state index contributed by atoms with van der Waals surface area (Å²) in [5, 5.41) is 23.7. The van der Waals surface area contributed by atoms with E-state index in [4.69, 9.17) is 0 Å². The Labute approximate surface area is 155 Å². The maximum absolute atomic E-state index is 12.3. The fraction of sp³-hybridized carbons (Fsp3) is 0.529. The second-order valence-electron chi connectivity index (χ2n) is 6.12. The quantitative estimate of drug-likeness (QED) is 0.782. The van der Waals surface area contributed by atoms with E-state index in [0.29, 0.717) is 0 Å². The number of nitrogens with one attached hydrogen (secondary N) is 1. The number of nitrogens with zero attached hydrogens (tertiary/aromatic N) is 4. The fourth-order valence-electron chi connectivity index (χ4n) is 3.12. The minimum absolute atomic E-state index is 0.114. The third kappa shape index (κ3) is 4.05. The molecule has 0 bridgehead atoms. The van der Waals surface area contributed by atoms with Crippen LogP contribution in [0.25, 0.3) is 10.7 Å². The lowest BCUT2D eigenvalue weighted by Gasteiger charge is -2.31. The summed E-state index contributed by atoms with van der Waals surface area (Å²) in [5.41, 5.74) is -0.684. The molecule has 0 saturated heterocycles. The molecule has 0 aliphatic heterocycles. The molecule has 1 amide bonds. The van der Waals surface area contributed by atoms with Crippen LogP contribution >= 0.6 is 23.1 Å². The van der Waals surface area contributed by atoms with E-state index < -0.39 is 5.54 Å². The number of hydrogen-bond acceptors (Lipinski definition) is 6. The van der Waals surface area contributed by atoms with E-state index in [1.165, 1.54) is 11.8 Å².